The van der Waals surface area contributed by atoms with Gasteiger partial charge in [-0.3, -0.25) is 0 Å². The molecule has 0 unspecified atom stereocenters. The normalized spacial score (nSPS) is 31.3. The highest BCUT2D eigenvalue weighted by Gasteiger charge is 2.39. The second kappa shape index (κ2) is 3.83. The summed E-state index contributed by atoms with van der Waals surface area (Å²) < 4.78 is 0. The molecule has 2 saturated carbocycles. The molecule has 2 nitrogen and oxygen atoms in total. The van der Waals surface area contributed by atoms with Crippen LogP contribution >= 0.6 is 0 Å². The Morgan fingerprint density at radius 1 is 1.19 bits per heavy atom. The Hall–Kier alpha value is -1.49. The number of fused-ring (bicyclic) bond motifs is 2. The van der Waals surface area contributed by atoms with E-state index in [2.05, 4.69) is 11.4 Å². The molecule has 0 aliphatic heterocycles. The summed E-state index contributed by atoms with van der Waals surface area (Å²) in [5.74, 6) is 1.79. The van der Waals surface area contributed by atoms with Crippen molar-refractivity contribution in [3.8, 4) is 6.07 Å². The van der Waals surface area contributed by atoms with E-state index in [9.17, 15) is 0 Å². The molecular weight excluding hydrogens is 196 g/mol. The SMILES string of the molecule is N#Cc1ccccc1N[C@H]1C[C@@H]2CC[C@H]1C2. The van der Waals surface area contributed by atoms with E-state index in [1.807, 2.05) is 24.3 Å². The minimum Gasteiger partial charge on any atom is -0.381 e. The van der Waals surface area contributed by atoms with Gasteiger partial charge in [0.1, 0.15) is 6.07 Å². The van der Waals surface area contributed by atoms with Crippen LogP contribution in [0.5, 0.6) is 0 Å². The first-order chi connectivity index (χ1) is 7.86. The molecule has 3 rings (SSSR count). The smallest absolute Gasteiger partial charge is 0.101 e. The second-order valence-corrected chi connectivity index (χ2v) is 5.08. The predicted octanol–water partition coefficient (Wildman–Crippen LogP) is 3.16. The molecule has 0 amide bonds. The molecule has 2 aliphatic carbocycles. The van der Waals surface area contributed by atoms with E-state index in [1.165, 1.54) is 25.7 Å². The highest BCUT2D eigenvalue weighted by atomic mass is 14.9. The molecule has 0 saturated heterocycles. The molecule has 2 heteroatoms. The Balaban J connectivity index is 1.77. The van der Waals surface area contributed by atoms with Gasteiger partial charge in [0, 0.05) is 6.04 Å². The van der Waals surface area contributed by atoms with Gasteiger partial charge in [-0.2, -0.15) is 5.26 Å². The van der Waals surface area contributed by atoms with Crippen LogP contribution in [0.4, 0.5) is 5.69 Å². The average Bonchev–Trinajstić information content (AvgIpc) is 2.92. The van der Waals surface area contributed by atoms with Crippen molar-refractivity contribution in [1.82, 2.24) is 0 Å². The van der Waals surface area contributed by atoms with Crippen molar-refractivity contribution in [2.75, 3.05) is 5.32 Å². The van der Waals surface area contributed by atoms with Gasteiger partial charge in [-0.1, -0.05) is 18.6 Å². The third kappa shape index (κ3) is 1.57. The molecule has 82 valence electrons. The summed E-state index contributed by atoms with van der Waals surface area (Å²) in [6.07, 6.45) is 5.48. The predicted molar refractivity (Wildman–Crippen MR) is 64.0 cm³/mol. The summed E-state index contributed by atoms with van der Waals surface area (Å²) in [6, 6.07) is 10.7. The largest absolute Gasteiger partial charge is 0.381 e. The molecule has 1 aromatic rings. The molecule has 1 N–H and O–H groups in total. The zero-order valence-electron chi connectivity index (χ0n) is 9.32. The highest BCUT2D eigenvalue weighted by Crippen LogP contribution is 2.45. The van der Waals surface area contributed by atoms with Crippen LogP contribution in [-0.2, 0) is 0 Å². The van der Waals surface area contributed by atoms with Crippen molar-refractivity contribution < 1.29 is 0 Å². The lowest BCUT2D eigenvalue weighted by Crippen LogP contribution is -2.26. The fourth-order valence-corrected chi connectivity index (χ4v) is 3.33. The first kappa shape index (κ1) is 9.72. The number of nitriles is 1. The Morgan fingerprint density at radius 3 is 2.75 bits per heavy atom. The van der Waals surface area contributed by atoms with Gasteiger partial charge in [-0.05, 0) is 43.2 Å². The quantitative estimate of drug-likeness (QED) is 0.817. The van der Waals surface area contributed by atoms with Crippen LogP contribution in [0.3, 0.4) is 0 Å². The number of hydrogen-bond acceptors (Lipinski definition) is 2. The van der Waals surface area contributed by atoms with E-state index in [-0.39, 0.29) is 0 Å². The van der Waals surface area contributed by atoms with Crippen LogP contribution in [-0.4, -0.2) is 6.04 Å². The summed E-state index contributed by atoms with van der Waals surface area (Å²) in [6.45, 7) is 0. The third-order valence-electron chi connectivity index (χ3n) is 4.13. The molecular formula is C14H16N2. The summed E-state index contributed by atoms with van der Waals surface area (Å²) in [5.41, 5.74) is 1.79. The molecule has 2 fully saturated rings. The average molecular weight is 212 g/mol. The van der Waals surface area contributed by atoms with Gasteiger partial charge in [-0.15, -0.1) is 0 Å². The fourth-order valence-electron chi connectivity index (χ4n) is 3.33. The maximum atomic E-state index is 9.03. The lowest BCUT2D eigenvalue weighted by Gasteiger charge is -2.24. The van der Waals surface area contributed by atoms with Gasteiger partial charge < -0.3 is 5.32 Å². The minimum absolute atomic E-state index is 0.605. The van der Waals surface area contributed by atoms with Crippen LogP contribution in [0.1, 0.15) is 31.2 Å². The van der Waals surface area contributed by atoms with Crippen molar-refractivity contribution in [2.24, 2.45) is 11.8 Å². The van der Waals surface area contributed by atoms with Crippen molar-refractivity contribution in [1.29, 1.82) is 5.26 Å². The van der Waals surface area contributed by atoms with E-state index in [4.69, 9.17) is 5.26 Å². The number of nitrogens with one attached hydrogen (secondary N) is 1. The molecule has 0 radical (unpaired) electrons. The Kier molecular flexibility index (Phi) is 2.32. The minimum atomic E-state index is 0.605. The molecule has 0 aromatic heterocycles. The van der Waals surface area contributed by atoms with Crippen LogP contribution in [0.25, 0.3) is 0 Å². The van der Waals surface area contributed by atoms with Gasteiger partial charge in [0.2, 0.25) is 0 Å². The van der Waals surface area contributed by atoms with Crippen LogP contribution in [0.2, 0.25) is 0 Å². The second-order valence-electron chi connectivity index (χ2n) is 5.08. The Morgan fingerprint density at radius 2 is 2.06 bits per heavy atom. The standard InChI is InChI=1S/C14H16N2/c15-9-12-3-1-2-4-13(12)16-14-8-10-5-6-11(14)7-10/h1-4,10-11,14,16H,5-8H2/t10-,11+,14+/m1/s1. The number of benzene rings is 1. The first-order valence-electron chi connectivity index (χ1n) is 6.12. The van der Waals surface area contributed by atoms with E-state index >= 15 is 0 Å². The first-order valence-corrected chi connectivity index (χ1v) is 6.12. The molecule has 3 atom stereocenters. The van der Waals surface area contributed by atoms with Crippen molar-refractivity contribution >= 4 is 5.69 Å². The number of nitrogens with zero attached hydrogens (tertiary/aromatic N) is 1. The molecule has 0 heterocycles. The van der Waals surface area contributed by atoms with Crippen LogP contribution in [0, 0.1) is 23.2 Å². The van der Waals surface area contributed by atoms with Crippen molar-refractivity contribution in [2.45, 2.75) is 31.7 Å². The molecule has 0 spiro atoms. The van der Waals surface area contributed by atoms with Gasteiger partial charge in [0.25, 0.3) is 0 Å². The zero-order chi connectivity index (χ0) is 11.0. The number of rotatable bonds is 2. The lowest BCUT2D eigenvalue weighted by atomic mass is 9.95. The van der Waals surface area contributed by atoms with E-state index < -0.39 is 0 Å². The highest BCUT2D eigenvalue weighted by molar-refractivity contribution is 5.57. The maximum absolute atomic E-state index is 9.03. The summed E-state index contributed by atoms with van der Waals surface area (Å²) >= 11 is 0. The molecule has 2 bridgehead atoms. The van der Waals surface area contributed by atoms with Crippen LogP contribution in [0.15, 0.2) is 24.3 Å². The van der Waals surface area contributed by atoms with E-state index in [1.54, 1.807) is 0 Å². The number of para-hydroxylation sites is 1. The topological polar surface area (TPSA) is 35.8 Å². The maximum Gasteiger partial charge on any atom is 0.101 e. The third-order valence-corrected chi connectivity index (χ3v) is 4.13. The molecule has 1 aromatic carbocycles. The van der Waals surface area contributed by atoms with Gasteiger partial charge >= 0.3 is 0 Å². The number of hydrogen-bond donors (Lipinski definition) is 1. The van der Waals surface area contributed by atoms with E-state index in [0.29, 0.717) is 6.04 Å². The monoisotopic (exact) mass is 212 g/mol. The van der Waals surface area contributed by atoms with Crippen molar-refractivity contribution in [3.63, 3.8) is 0 Å². The van der Waals surface area contributed by atoms with E-state index in [0.717, 1.165) is 23.1 Å². The van der Waals surface area contributed by atoms with Gasteiger partial charge in [0.05, 0.1) is 11.3 Å². The Labute approximate surface area is 96.3 Å². The zero-order valence-corrected chi connectivity index (χ0v) is 9.32. The lowest BCUT2D eigenvalue weighted by molar-refractivity contribution is 0.440. The summed E-state index contributed by atoms with van der Waals surface area (Å²) in [5, 5.41) is 12.6. The Bertz CT molecular complexity index is 433. The fraction of sp³-hybridized carbons (Fsp3) is 0.500. The summed E-state index contributed by atoms with van der Waals surface area (Å²) in [7, 11) is 0. The number of anilines is 1. The van der Waals surface area contributed by atoms with Crippen LogP contribution < -0.4 is 5.32 Å². The van der Waals surface area contributed by atoms with Gasteiger partial charge in [0.15, 0.2) is 0 Å². The summed E-state index contributed by atoms with van der Waals surface area (Å²) in [4.78, 5) is 0. The van der Waals surface area contributed by atoms with Crippen molar-refractivity contribution in [3.05, 3.63) is 29.8 Å². The molecule has 16 heavy (non-hydrogen) atoms. The molecule has 2 aliphatic rings. The van der Waals surface area contributed by atoms with Gasteiger partial charge in [-0.25, -0.2) is 0 Å².